The third-order valence-corrected chi connectivity index (χ3v) is 4.04. The summed E-state index contributed by atoms with van der Waals surface area (Å²) in [6.45, 7) is 5.31. The Labute approximate surface area is 175 Å². The number of benzene rings is 2. The van der Waals surface area contributed by atoms with Gasteiger partial charge in [-0.25, -0.2) is 4.79 Å². The van der Waals surface area contributed by atoms with Crippen molar-refractivity contribution in [2.24, 2.45) is 0 Å². The average Bonchev–Trinajstić information content (AvgIpc) is 2.63. The third kappa shape index (κ3) is 7.63. The molecular weight excluding hydrogens is 394 g/mol. The molecule has 0 heterocycles. The van der Waals surface area contributed by atoms with Crippen LogP contribution in [0.3, 0.4) is 0 Å². The molecule has 2 N–H and O–H groups in total. The first-order valence-electron chi connectivity index (χ1n) is 9.34. The van der Waals surface area contributed by atoms with Gasteiger partial charge >= 0.3 is 6.03 Å². The lowest BCUT2D eigenvalue weighted by Gasteiger charge is -2.16. The maximum Gasteiger partial charge on any atom is 0.325 e. The minimum Gasteiger partial charge on any atom is -0.490 e. The van der Waals surface area contributed by atoms with Crippen molar-refractivity contribution in [2.45, 2.75) is 20.4 Å². The van der Waals surface area contributed by atoms with Crippen molar-refractivity contribution in [3.63, 3.8) is 0 Å². The van der Waals surface area contributed by atoms with Crippen molar-refractivity contribution in [3.05, 3.63) is 53.1 Å². The number of hydrogen-bond donors (Lipinski definition) is 2. The molecule has 3 amide bonds. The van der Waals surface area contributed by atoms with Gasteiger partial charge in [0.1, 0.15) is 0 Å². The summed E-state index contributed by atoms with van der Waals surface area (Å²) in [6.07, 6.45) is 0. The third-order valence-electron chi connectivity index (χ3n) is 3.81. The van der Waals surface area contributed by atoms with Crippen molar-refractivity contribution in [2.75, 3.05) is 32.1 Å². The summed E-state index contributed by atoms with van der Waals surface area (Å²) in [5.74, 6) is 0.710. The van der Waals surface area contributed by atoms with Gasteiger partial charge in [0.2, 0.25) is 5.91 Å². The van der Waals surface area contributed by atoms with Crippen molar-refractivity contribution >= 4 is 29.2 Å². The normalized spacial score (nSPS) is 10.5. The number of halogens is 1. The Bertz CT molecular complexity index is 844. The van der Waals surface area contributed by atoms with Gasteiger partial charge in [0.25, 0.3) is 0 Å². The molecular formula is C21H26ClN3O4. The van der Waals surface area contributed by atoms with Gasteiger partial charge in [-0.1, -0.05) is 23.7 Å². The van der Waals surface area contributed by atoms with E-state index < -0.39 is 11.9 Å². The molecule has 0 aliphatic rings. The standard InChI is InChI=1S/C21H26ClN3O4/c1-4-28-18-10-9-17(12-19(18)29-5-2)23-21(27)24-20(26)14-25(3)13-15-7-6-8-16(22)11-15/h6-12H,4-5,13-14H2,1-3H3,(H2,23,24,26,27). The maximum absolute atomic E-state index is 12.1. The van der Waals surface area contributed by atoms with Crippen LogP contribution in [0.25, 0.3) is 0 Å². The van der Waals surface area contributed by atoms with Crippen LogP contribution in [-0.4, -0.2) is 43.6 Å². The number of ether oxygens (including phenoxy) is 2. The number of carbonyl (C=O) groups is 2. The Morgan fingerprint density at radius 2 is 1.76 bits per heavy atom. The molecule has 0 fully saturated rings. The van der Waals surface area contributed by atoms with E-state index in [4.69, 9.17) is 21.1 Å². The smallest absolute Gasteiger partial charge is 0.325 e. The number of anilines is 1. The lowest BCUT2D eigenvalue weighted by molar-refractivity contribution is -0.120. The van der Waals surface area contributed by atoms with Crippen LogP contribution in [0, 0.1) is 0 Å². The zero-order valence-electron chi connectivity index (χ0n) is 16.8. The lowest BCUT2D eigenvalue weighted by atomic mass is 10.2. The molecule has 0 aliphatic carbocycles. The molecule has 8 heteroatoms. The molecule has 0 atom stereocenters. The zero-order chi connectivity index (χ0) is 21.2. The topological polar surface area (TPSA) is 79.9 Å². The minimum atomic E-state index is -0.613. The second-order valence-electron chi connectivity index (χ2n) is 6.33. The van der Waals surface area contributed by atoms with Crippen molar-refractivity contribution in [1.29, 1.82) is 0 Å². The highest BCUT2D eigenvalue weighted by Gasteiger charge is 2.13. The van der Waals surface area contributed by atoms with Gasteiger partial charge in [-0.15, -0.1) is 0 Å². The molecule has 0 spiro atoms. The van der Waals surface area contributed by atoms with Crippen LogP contribution in [0.4, 0.5) is 10.5 Å². The largest absolute Gasteiger partial charge is 0.490 e. The monoisotopic (exact) mass is 419 g/mol. The van der Waals surface area contributed by atoms with Crippen LogP contribution in [-0.2, 0) is 11.3 Å². The predicted molar refractivity (Wildman–Crippen MR) is 114 cm³/mol. The Kier molecular flexibility index (Phi) is 8.76. The van der Waals surface area contributed by atoms with E-state index >= 15 is 0 Å². The molecule has 2 aromatic carbocycles. The fourth-order valence-electron chi connectivity index (χ4n) is 2.71. The molecule has 156 valence electrons. The molecule has 0 saturated carbocycles. The highest BCUT2D eigenvalue weighted by Crippen LogP contribution is 2.30. The van der Waals surface area contributed by atoms with Crippen molar-refractivity contribution < 1.29 is 19.1 Å². The van der Waals surface area contributed by atoms with E-state index in [0.717, 1.165) is 5.56 Å². The van der Waals surface area contributed by atoms with Crippen molar-refractivity contribution in [3.8, 4) is 11.5 Å². The number of likely N-dealkylation sites (N-methyl/N-ethyl adjacent to an activating group) is 1. The minimum absolute atomic E-state index is 0.0629. The molecule has 0 saturated heterocycles. The van der Waals surface area contributed by atoms with E-state index in [1.807, 2.05) is 32.0 Å². The summed E-state index contributed by atoms with van der Waals surface area (Å²) < 4.78 is 11.0. The predicted octanol–water partition coefficient (Wildman–Crippen LogP) is 3.92. The van der Waals surface area contributed by atoms with Crippen LogP contribution in [0.15, 0.2) is 42.5 Å². The summed E-state index contributed by atoms with van der Waals surface area (Å²) in [6, 6.07) is 11.8. The number of rotatable bonds is 9. The zero-order valence-corrected chi connectivity index (χ0v) is 17.6. The van der Waals surface area contributed by atoms with E-state index in [1.165, 1.54) is 0 Å². The van der Waals surface area contributed by atoms with Crippen LogP contribution >= 0.6 is 11.6 Å². The summed E-state index contributed by atoms with van der Waals surface area (Å²) in [4.78, 5) is 26.1. The molecule has 7 nitrogen and oxygen atoms in total. The highest BCUT2D eigenvalue weighted by atomic mass is 35.5. The molecule has 0 aromatic heterocycles. The van der Waals surface area contributed by atoms with Gasteiger partial charge in [0.15, 0.2) is 11.5 Å². The average molecular weight is 420 g/mol. The molecule has 0 bridgehead atoms. The molecule has 0 aliphatic heterocycles. The second kappa shape index (κ2) is 11.3. The first-order valence-corrected chi connectivity index (χ1v) is 9.72. The first-order chi connectivity index (χ1) is 13.9. The van der Waals surface area contributed by atoms with Gasteiger partial charge in [0, 0.05) is 23.3 Å². The van der Waals surface area contributed by atoms with Crippen LogP contribution in [0.2, 0.25) is 5.02 Å². The number of carbonyl (C=O) groups excluding carboxylic acids is 2. The number of hydrogen-bond acceptors (Lipinski definition) is 5. The summed E-state index contributed by atoms with van der Waals surface area (Å²) in [5.41, 5.74) is 1.48. The number of nitrogens with zero attached hydrogens (tertiary/aromatic N) is 1. The van der Waals surface area contributed by atoms with E-state index in [1.54, 1.807) is 36.2 Å². The molecule has 2 aromatic rings. The summed E-state index contributed by atoms with van der Waals surface area (Å²) in [5, 5.41) is 5.59. The Hall–Kier alpha value is -2.77. The maximum atomic E-state index is 12.1. The summed E-state index contributed by atoms with van der Waals surface area (Å²) in [7, 11) is 1.79. The van der Waals surface area contributed by atoms with E-state index in [0.29, 0.717) is 42.0 Å². The number of imide groups is 1. The van der Waals surface area contributed by atoms with Crippen LogP contribution < -0.4 is 20.1 Å². The first kappa shape index (κ1) is 22.5. The van der Waals surface area contributed by atoms with E-state index in [9.17, 15) is 9.59 Å². The molecule has 29 heavy (non-hydrogen) atoms. The Morgan fingerprint density at radius 1 is 1.03 bits per heavy atom. The molecule has 2 rings (SSSR count). The fourth-order valence-corrected chi connectivity index (χ4v) is 2.92. The molecule has 0 unspecified atom stereocenters. The van der Waals surface area contributed by atoms with Gasteiger partial charge in [-0.2, -0.15) is 0 Å². The number of urea groups is 1. The van der Waals surface area contributed by atoms with Gasteiger partial charge in [0.05, 0.1) is 19.8 Å². The quantitative estimate of drug-likeness (QED) is 0.644. The van der Waals surface area contributed by atoms with Crippen LogP contribution in [0.1, 0.15) is 19.4 Å². The molecule has 0 radical (unpaired) electrons. The lowest BCUT2D eigenvalue weighted by Crippen LogP contribution is -2.40. The highest BCUT2D eigenvalue weighted by molar-refractivity contribution is 6.30. The van der Waals surface area contributed by atoms with Gasteiger partial charge in [-0.3, -0.25) is 15.0 Å². The van der Waals surface area contributed by atoms with Crippen molar-refractivity contribution in [1.82, 2.24) is 10.2 Å². The number of nitrogens with one attached hydrogen (secondary N) is 2. The van der Waals surface area contributed by atoms with Gasteiger partial charge < -0.3 is 14.8 Å². The fraction of sp³-hybridized carbons (Fsp3) is 0.333. The van der Waals surface area contributed by atoms with E-state index in [-0.39, 0.29) is 6.54 Å². The Balaban J connectivity index is 1.87. The van der Waals surface area contributed by atoms with E-state index in [2.05, 4.69) is 10.6 Å². The summed E-state index contributed by atoms with van der Waals surface area (Å²) >= 11 is 5.97. The number of amides is 3. The van der Waals surface area contributed by atoms with Crippen LogP contribution in [0.5, 0.6) is 11.5 Å². The SMILES string of the molecule is CCOc1ccc(NC(=O)NC(=O)CN(C)Cc2cccc(Cl)c2)cc1OCC. The second-order valence-corrected chi connectivity index (χ2v) is 6.77. The van der Waals surface area contributed by atoms with Gasteiger partial charge in [-0.05, 0) is 50.7 Å². The Morgan fingerprint density at radius 3 is 2.45 bits per heavy atom.